The van der Waals surface area contributed by atoms with Gasteiger partial charge in [-0.3, -0.25) is 4.79 Å². The highest BCUT2D eigenvalue weighted by Gasteiger charge is 2.26. The van der Waals surface area contributed by atoms with Gasteiger partial charge in [-0.1, -0.05) is 23.4 Å². The molecule has 0 bridgehead atoms. The molecular weight excluding hydrogens is 447 g/mol. The number of amides is 1. The lowest BCUT2D eigenvalue weighted by molar-refractivity contribution is 0.0586. The van der Waals surface area contributed by atoms with E-state index in [4.69, 9.17) is 32.7 Å². The molecule has 2 aromatic rings. The summed E-state index contributed by atoms with van der Waals surface area (Å²) in [6.07, 6.45) is 4.91. The second-order valence-electron chi connectivity index (χ2n) is 6.47. The first kappa shape index (κ1) is 22.5. The molecule has 1 aromatic carbocycles. The van der Waals surface area contributed by atoms with Gasteiger partial charge in [-0.05, 0) is 18.4 Å². The minimum atomic E-state index is -0.178. The number of nitriles is 1. The normalized spacial score (nSPS) is 14.3. The van der Waals surface area contributed by atoms with E-state index in [1.165, 1.54) is 23.9 Å². The maximum absolute atomic E-state index is 12.9. The molecule has 0 N–H and O–H groups in total. The Morgan fingerprint density at radius 3 is 2.83 bits per heavy atom. The molecule has 0 spiro atoms. The molecule has 2 heterocycles. The Balaban J connectivity index is 1.63. The number of aromatic nitrogens is 2. The van der Waals surface area contributed by atoms with Gasteiger partial charge in [-0.15, -0.1) is 11.6 Å². The largest absolute Gasteiger partial charge is 0.489 e. The number of carbonyl (C=O) groups excluding carboxylic acids is 1. The molecule has 1 amide bonds. The number of nitrogens with zero attached hydrogens (tertiary/aromatic N) is 4. The highest BCUT2D eigenvalue weighted by Crippen LogP contribution is 2.31. The zero-order valence-corrected chi connectivity index (χ0v) is 18.6. The smallest absolute Gasteiger partial charge is 0.253 e. The quantitative estimate of drug-likeness (QED) is 0.345. The summed E-state index contributed by atoms with van der Waals surface area (Å²) in [5, 5.41) is 10.3. The van der Waals surface area contributed by atoms with Gasteiger partial charge >= 0.3 is 0 Å². The third kappa shape index (κ3) is 5.48. The maximum atomic E-state index is 12.9. The minimum Gasteiger partial charge on any atom is -0.489 e. The molecule has 1 aliphatic rings. The molecule has 7 nitrogen and oxygen atoms in total. The number of hydrogen-bond acceptors (Lipinski definition) is 7. The number of carbonyl (C=O) groups is 1. The van der Waals surface area contributed by atoms with Crippen molar-refractivity contribution in [2.45, 2.75) is 24.1 Å². The van der Waals surface area contributed by atoms with Crippen molar-refractivity contribution in [1.82, 2.24) is 14.9 Å². The summed E-state index contributed by atoms with van der Waals surface area (Å²) in [5.74, 6) is 0.879. The van der Waals surface area contributed by atoms with E-state index in [1.807, 2.05) is 12.3 Å². The van der Waals surface area contributed by atoms with Gasteiger partial charge in [-0.2, -0.15) is 10.2 Å². The molecule has 1 aliphatic heterocycles. The van der Waals surface area contributed by atoms with Crippen LogP contribution in [-0.2, 0) is 0 Å². The van der Waals surface area contributed by atoms with Crippen molar-refractivity contribution in [3.05, 3.63) is 40.5 Å². The Morgan fingerprint density at radius 1 is 1.40 bits per heavy atom. The third-order valence-corrected chi connectivity index (χ3v) is 5.54. The number of rotatable bonds is 7. The van der Waals surface area contributed by atoms with Crippen molar-refractivity contribution in [3.63, 3.8) is 0 Å². The second-order valence-corrected chi connectivity index (χ2v) is 8.03. The van der Waals surface area contributed by atoms with Crippen LogP contribution in [0.15, 0.2) is 29.6 Å². The van der Waals surface area contributed by atoms with Gasteiger partial charge < -0.3 is 14.4 Å². The topological polar surface area (TPSA) is 88.3 Å². The van der Waals surface area contributed by atoms with E-state index < -0.39 is 0 Å². The molecule has 30 heavy (non-hydrogen) atoms. The molecular formula is C20H20Cl2N4O3S. The highest BCUT2D eigenvalue weighted by molar-refractivity contribution is 7.98. The molecule has 3 rings (SSSR count). The number of ether oxygens (including phenoxy) is 2. The summed E-state index contributed by atoms with van der Waals surface area (Å²) in [7, 11) is 0. The molecule has 0 aliphatic carbocycles. The summed E-state index contributed by atoms with van der Waals surface area (Å²) >= 11 is 13.3. The van der Waals surface area contributed by atoms with Crippen LogP contribution in [0.4, 0.5) is 0 Å². The van der Waals surface area contributed by atoms with Crippen LogP contribution < -0.4 is 9.47 Å². The van der Waals surface area contributed by atoms with Crippen molar-refractivity contribution in [1.29, 1.82) is 5.26 Å². The van der Waals surface area contributed by atoms with Crippen LogP contribution in [0.5, 0.6) is 11.6 Å². The number of alkyl halides is 1. The standard InChI is InChI=1S/C20H20Cl2N4O3S/c1-30-20-24-6-2-17(25-20)29-15-3-7-26(8-4-15)19(27)13-10-14(12-23)18(16(22)11-13)28-9-5-21/h2,6,10-11,15H,3-5,7-9H2,1H3. The minimum absolute atomic E-state index is 0.0248. The fourth-order valence-electron chi connectivity index (χ4n) is 3.11. The lowest BCUT2D eigenvalue weighted by Gasteiger charge is -2.32. The summed E-state index contributed by atoms with van der Waals surface area (Å²) in [6, 6.07) is 6.80. The number of halogens is 2. The molecule has 1 saturated heterocycles. The molecule has 10 heteroatoms. The molecule has 1 aromatic heterocycles. The van der Waals surface area contributed by atoms with E-state index in [0.29, 0.717) is 42.5 Å². The van der Waals surface area contributed by atoms with Gasteiger partial charge in [0.05, 0.1) is 16.5 Å². The Labute approximate surface area is 189 Å². The van der Waals surface area contributed by atoms with Crippen molar-refractivity contribution < 1.29 is 14.3 Å². The number of thioether (sulfide) groups is 1. The maximum Gasteiger partial charge on any atom is 0.253 e. The Hall–Kier alpha value is -2.21. The first-order valence-corrected chi connectivity index (χ1v) is 11.4. The molecule has 0 atom stereocenters. The average Bonchev–Trinajstić information content (AvgIpc) is 2.78. The number of likely N-dealkylation sites (tertiary alicyclic amines) is 1. The van der Waals surface area contributed by atoms with Crippen molar-refractivity contribution in [2.24, 2.45) is 0 Å². The first-order chi connectivity index (χ1) is 14.5. The van der Waals surface area contributed by atoms with Gasteiger partial charge in [0.2, 0.25) is 5.88 Å². The monoisotopic (exact) mass is 466 g/mol. The summed E-state index contributed by atoms with van der Waals surface area (Å²) < 4.78 is 11.4. The van der Waals surface area contributed by atoms with Crippen molar-refractivity contribution in [3.8, 4) is 17.7 Å². The highest BCUT2D eigenvalue weighted by atomic mass is 35.5. The number of benzene rings is 1. The summed E-state index contributed by atoms with van der Waals surface area (Å²) in [5.41, 5.74) is 0.567. The van der Waals surface area contributed by atoms with E-state index in [-0.39, 0.29) is 40.8 Å². The average molecular weight is 467 g/mol. The first-order valence-electron chi connectivity index (χ1n) is 9.31. The fourth-order valence-corrected chi connectivity index (χ4v) is 3.81. The van der Waals surface area contributed by atoms with E-state index in [2.05, 4.69) is 9.97 Å². The Kier molecular flexibility index (Phi) is 8.02. The molecule has 0 radical (unpaired) electrons. The number of hydrogen-bond donors (Lipinski definition) is 0. The Morgan fingerprint density at radius 2 is 2.17 bits per heavy atom. The number of piperidine rings is 1. The van der Waals surface area contributed by atoms with Crippen molar-refractivity contribution in [2.75, 3.05) is 31.8 Å². The predicted octanol–water partition coefficient (Wildman–Crippen LogP) is 4.02. The van der Waals surface area contributed by atoms with Crippen molar-refractivity contribution >= 4 is 40.9 Å². The zero-order valence-electron chi connectivity index (χ0n) is 16.3. The SMILES string of the molecule is CSc1nccc(OC2CCN(C(=O)c3cc(Cl)c(OCCCl)c(C#N)c3)CC2)n1. The third-order valence-electron chi connectivity index (χ3n) is 4.54. The molecule has 1 fully saturated rings. The predicted molar refractivity (Wildman–Crippen MR) is 116 cm³/mol. The van der Waals surface area contributed by atoms with Gasteiger partial charge in [0.1, 0.15) is 18.8 Å². The fraction of sp³-hybridized carbons (Fsp3) is 0.400. The van der Waals surface area contributed by atoms with Crippen LogP contribution >= 0.6 is 35.0 Å². The van der Waals surface area contributed by atoms with E-state index in [9.17, 15) is 10.1 Å². The summed E-state index contributed by atoms with van der Waals surface area (Å²) in [6.45, 7) is 1.30. The summed E-state index contributed by atoms with van der Waals surface area (Å²) in [4.78, 5) is 23.1. The van der Waals surface area contributed by atoms with Gasteiger partial charge in [0.15, 0.2) is 10.9 Å². The zero-order chi connectivity index (χ0) is 21.5. The Bertz CT molecular complexity index is 946. The van der Waals surface area contributed by atoms with Crippen LogP contribution in [0.3, 0.4) is 0 Å². The van der Waals surface area contributed by atoms with Crippen LogP contribution in [0.25, 0.3) is 0 Å². The van der Waals surface area contributed by atoms with Crippen LogP contribution in [0, 0.1) is 11.3 Å². The second kappa shape index (κ2) is 10.7. The van der Waals surface area contributed by atoms with E-state index in [1.54, 1.807) is 17.2 Å². The van der Waals surface area contributed by atoms with E-state index >= 15 is 0 Å². The van der Waals surface area contributed by atoms with Crippen LogP contribution in [0.2, 0.25) is 5.02 Å². The lowest BCUT2D eigenvalue weighted by atomic mass is 10.0. The lowest BCUT2D eigenvalue weighted by Crippen LogP contribution is -2.41. The molecule has 0 unspecified atom stereocenters. The van der Waals surface area contributed by atoms with E-state index in [0.717, 1.165) is 0 Å². The van der Waals surface area contributed by atoms with Gasteiger partial charge in [-0.25, -0.2) is 4.98 Å². The molecule has 158 valence electrons. The van der Waals surface area contributed by atoms with Gasteiger partial charge in [0.25, 0.3) is 5.91 Å². The van der Waals surface area contributed by atoms with Gasteiger partial charge in [0, 0.05) is 43.8 Å². The molecule has 0 saturated carbocycles. The van der Waals surface area contributed by atoms with Crippen LogP contribution in [-0.4, -0.2) is 58.7 Å². The van der Waals surface area contributed by atoms with Crippen LogP contribution in [0.1, 0.15) is 28.8 Å².